The van der Waals surface area contributed by atoms with Crippen molar-refractivity contribution in [3.8, 4) is 17.2 Å². The topological polar surface area (TPSA) is 100 Å². The maximum absolute atomic E-state index is 13.2. The first-order chi connectivity index (χ1) is 12.9. The van der Waals surface area contributed by atoms with Crippen LogP contribution in [-0.4, -0.2) is 63.8 Å². The molecular weight excluding hydrogens is 352 g/mol. The molecule has 0 saturated heterocycles. The van der Waals surface area contributed by atoms with Crippen LogP contribution in [0.3, 0.4) is 0 Å². The van der Waals surface area contributed by atoms with E-state index in [0.29, 0.717) is 18.7 Å². The molecule has 2 amide bonds. The molecule has 0 saturated carbocycles. The maximum atomic E-state index is 13.2. The van der Waals surface area contributed by atoms with Crippen LogP contribution in [-0.2, 0) is 9.53 Å². The summed E-state index contributed by atoms with van der Waals surface area (Å²) >= 11 is 0. The predicted molar refractivity (Wildman–Crippen MR) is 102 cm³/mol. The Labute approximate surface area is 160 Å². The van der Waals surface area contributed by atoms with Crippen LogP contribution < -0.4 is 19.9 Å². The number of primary amides is 1. The van der Waals surface area contributed by atoms with Gasteiger partial charge in [0.25, 0.3) is 11.8 Å². The van der Waals surface area contributed by atoms with Crippen LogP contribution in [0.4, 0.5) is 0 Å². The number of carbonyl (C=O) groups excluding carboxylic acids is 2. The molecule has 1 aromatic rings. The monoisotopic (exact) mass is 382 g/mol. The number of benzene rings is 1. The summed E-state index contributed by atoms with van der Waals surface area (Å²) in [5.41, 5.74) is 5.53. The zero-order valence-corrected chi connectivity index (χ0v) is 16.7. The third-order valence-corrected chi connectivity index (χ3v) is 4.25. The maximum Gasteiger partial charge on any atom is 0.255 e. The lowest BCUT2D eigenvalue weighted by molar-refractivity contribution is -0.120. The number of carbonyl (C=O) groups is 2. The second kappa shape index (κ2) is 11.3. The van der Waals surface area contributed by atoms with E-state index in [4.69, 9.17) is 24.7 Å². The fourth-order valence-electron chi connectivity index (χ4n) is 2.82. The van der Waals surface area contributed by atoms with Gasteiger partial charge in [-0.05, 0) is 25.0 Å². The number of hydrogen-bond acceptors (Lipinski definition) is 6. The highest BCUT2D eigenvalue weighted by atomic mass is 16.5. The number of methoxy groups -OCH3 is 3. The Morgan fingerprint density at radius 2 is 1.63 bits per heavy atom. The van der Waals surface area contributed by atoms with Gasteiger partial charge in [-0.15, -0.1) is 0 Å². The lowest BCUT2D eigenvalue weighted by atomic mass is 10.1. The average Bonchev–Trinajstić information content (AvgIpc) is 2.68. The molecule has 27 heavy (non-hydrogen) atoms. The molecule has 0 aliphatic heterocycles. The molecule has 152 valence electrons. The smallest absolute Gasteiger partial charge is 0.255 e. The fourth-order valence-corrected chi connectivity index (χ4v) is 2.82. The second-order valence-electron chi connectivity index (χ2n) is 5.93. The van der Waals surface area contributed by atoms with Crippen molar-refractivity contribution in [2.75, 3.05) is 41.1 Å². The zero-order valence-electron chi connectivity index (χ0n) is 16.7. The van der Waals surface area contributed by atoms with Crippen molar-refractivity contribution in [3.63, 3.8) is 0 Å². The molecule has 0 unspecified atom stereocenters. The average molecular weight is 382 g/mol. The minimum absolute atomic E-state index is 0.0930. The molecule has 1 aromatic carbocycles. The van der Waals surface area contributed by atoms with Crippen LogP contribution in [0.2, 0.25) is 0 Å². The van der Waals surface area contributed by atoms with E-state index < -0.39 is 5.91 Å². The first-order valence-corrected chi connectivity index (χ1v) is 8.90. The molecule has 0 spiro atoms. The molecule has 2 N–H and O–H groups in total. The Hall–Kier alpha value is -2.48. The van der Waals surface area contributed by atoms with E-state index in [1.165, 1.54) is 14.2 Å². The predicted octanol–water partition coefficient (Wildman–Crippen LogP) is 1.85. The summed E-state index contributed by atoms with van der Waals surface area (Å²) in [6.45, 7) is 4.68. The third kappa shape index (κ3) is 6.02. The van der Waals surface area contributed by atoms with Crippen LogP contribution in [0.25, 0.3) is 0 Å². The molecule has 0 bridgehead atoms. The summed E-state index contributed by atoms with van der Waals surface area (Å²) < 4.78 is 21.2. The van der Waals surface area contributed by atoms with Crippen molar-refractivity contribution >= 4 is 11.8 Å². The van der Waals surface area contributed by atoms with Gasteiger partial charge in [-0.2, -0.15) is 0 Å². The van der Waals surface area contributed by atoms with Crippen LogP contribution in [0.15, 0.2) is 12.1 Å². The number of nitrogens with zero attached hydrogens (tertiary/aromatic N) is 1. The largest absolute Gasteiger partial charge is 0.493 e. The van der Waals surface area contributed by atoms with Gasteiger partial charge in [0.2, 0.25) is 5.75 Å². The third-order valence-electron chi connectivity index (χ3n) is 4.25. The van der Waals surface area contributed by atoms with E-state index in [2.05, 4.69) is 0 Å². The normalized spacial score (nSPS) is 10.6. The van der Waals surface area contributed by atoms with Crippen molar-refractivity contribution in [2.45, 2.75) is 32.7 Å². The molecule has 0 aliphatic carbocycles. The van der Waals surface area contributed by atoms with Crippen LogP contribution in [0.5, 0.6) is 17.2 Å². The SMILES string of the molecule is CCC(CC)N(CCOC)C(=O)c1cc(OC)c(OCC(N)=O)c(OC)c1. The van der Waals surface area contributed by atoms with E-state index in [1.54, 1.807) is 24.1 Å². The van der Waals surface area contributed by atoms with Gasteiger partial charge in [0.1, 0.15) is 0 Å². The second-order valence-corrected chi connectivity index (χ2v) is 5.93. The van der Waals surface area contributed by atoms with Gasteiger partial charge in [-0.25, -0.2) is 0 Å². The van der Waals surface area contributed by atoms with Crippen molar-refractivity contribution < 1.29 is 28.5 Å². The molecule has 0 aliphatic rings. The highest BCUT2D eigenvalue weighted by Crippen LogP contribution is 2.39. The van der Waals surface area contributed by atoms with Crippen LogP contribution in [0.1, 0.15) is 37.0 Å². The van der Waals surface area contributed by atoms with Gasteiger partial charge in [0.05, 0.1) is 20.8 Å². The lowest BCUT2D eigenvalue weighted by Gasteiger charge is -2.31. The molecule has 8 heteroatoms. The van der Waals surface area contributed by atoms with Gasteiger partial charge in [-0.1, -0.05) is 13.8 Å². The summed E-state index contributed by atoms with van der Waals surface area (Å²) in [4.78, 5) is 26.0. The standard InChI is InChI=1S/C19H30N2O6/c1-6-14(7-2)21(8-9-24-3)19(23)13-10-15(25-4)18(16(11-13)26-5)27-12-17(20)22/h10-11,14H,6-9,12H2,1-5H3,(H2,20,22). The summed E-state index contributed by atoms with van der Waals surface area (Å²) in [5.74, 6) is 0.0178. The van der Waals surface area contributed by atoms with Crippen LogP contribution in [0, 0.1) is 0 Å². The highest BCUT2D eigenvalue weighted by Gasteiger charge is 2.25. The number of ether oxygens (including phenoxy) is 4. The highest BCUT2D eigenvalue weighted by molar-refractivity contribution is 5.96. The van der Waals surface area contributed by atoms with E-state index in [9.17, 15) is 9.59 Å². The number of nitrogens with two attached hydrogens (primary N) is 1. The first kappa shape index (κ1) is 22.6. The molecule has 8 nitrogen and oxygen atoms in total. The zero-order chi connectivity index (χ0) is 20.4. The molecule has 1 rings (SSSR count). The minimum atomic E-state index is -0.626. The molecule has 0 heterocycles. The summed E-state index contributed by atoms with van der Waals surface area (Å²) in [6.07, 6.45) is 1.67. The minimum Gasteiger partial charge on any atom is -0.493 e. The number of rotatable bonds is 12. The Bertz CT molecular complexity index is 606. The Morgan fingerprint density at radius 3 is 2.04 bits per heavy atom. The molecule has 0 aromatic heterocycles. The van der Waals surface area contributed by atoms with E-state index in [-0.39, 0.29) is 35.8 Å². The van der Waals surface area contributed by atoms with Gasteiger partial charge in [0.15, 0.2) is 18.1 Å². The fraction of sp³-hybridized carbons (Fsp3) is 0.579. The molecule has 0 atom stereocenters. The van der Waals surface area contributed by atoms with Crippen molar-refractivity contribution in [1.29, 1.82) is 0 Å². The quantitative estimate of drug-likeness (QED) is 0.592. The lowest BCUT2D eigenvalue weighted by Crippen LogP contribution is -2.41. The Morgan fingerprint density at radius 1 is 1.07 bits per heavy atom. The molecular formula is C19H30N2O6. The van der Waals surface area contributed by atoms with Gasteiger partial charge in [0, 0.05) is 25.3 Å². The molecule has 0 fully saturated rings. The van der Waals surface area contributed by atoms with Crippen molar-refractivity contribution in [3.05, 3.63) is 17.7 Å². The van der Waals surface area contributed by atoms with Crippen molar-refractivity contribution in [1.82, 2.24) is 4.90 Å². The van der Waals surface area contributed by atoms with E-state index >= 15 is 0 Å². The number of hydrogen-bond donors (Lipinski definition) is 1. The summed E-state index contributed by atoms with van der Waals surface area (Å²) in [6, 6.07) is 3.24. The van der Waals surface area contributed by atoms with E-state index in [1.807, 2.05) is 13.8 Å². The van der Waals surface area contributed by atoms with Gasteiger partial charge in [-0.3, -0.25) is 9.59 Å². The number of amides is 2. The van der Waals surface area contributed by atoms with Crippen molar-refractivity contribution in [2.24, 2.45) is 5.73 Å². The summed E-state index contributed by atoms with van der Waals surface area (Å²) in [5, 5.41) is 0. The van der Waals surface area contributed by atoms with Crippen LogP contribution >= 0.6 is 0 Å². The Balaban J connectivity index is 3.28. The first-order valence-electron chi connectivity index (χ1n) is 8.90. The van der Waals surface area contributed by atoms with Gasteiger partial charge < -0.3 is 29.6 Å². The molecule has 0 radical (unpaired) electrons. The Kier molecular flexibility index (Phi) is 9.42. The summed E-state index contributed by atoms with van der Waals surface area (Å²) in [7, 11) is 4.50. The van der Waals surface area contributed by atoms with E-state index in [0.717, 1.165) is 12.8 Å². The van der Waals surface area contributed by atoms with Gasteiger partial charge >= 0.3 is 0 Å².